The molecule has 0 aliphatic heterocycles. The van der Waals surface area contributed by atoms with Gasteiger partial charge in [-0.05, 0) is 54.6 Å². The summed E-state index contributed by atoms with van der Waals surface area (Å²) in [4.78, 5) is 16.8. The highest BCUT2D eigenvalue weighted by Gasteiger charge is 2.13. The van der Waals surface area contributed by atoms with Crippen molar-refractivity contribution in [1.29, 1.82) is 0 Å². The first-order chi connectivity index (χ1) is 16.7. The first-order valence-electron chi connectivity index (χ1n) is 10.4. The number of amides is 1. The van der Waals surface area contributed by atoms with Crippen LogP contribution in [0.5, 0.6) is 11.5 Å². The first-order valence-corrected chi connectivity index (χ1v) is 10.4. The van der Waals surface area contributed by atoms with Crippen molar-refractivity contribution in [3.05, 3.63) is 84.7 Å². The number of nitrogens with zero attached hydrogens (tertiary/aromatic N) is 5. The lowest BCUT2D eigenvalue weighted by molar-refractivity contribution is 0.102. The Hall–Kier alpha value is -4.79. The van der Waals surface area contributed by atoms with Gasteiger partial charge in [0.2, 0.25) is 0 Å². The third kappa shape index (κ3) is 4.02. The number of carbonyl (C=O) groups is 1. The molecule has 0 spiro atoms. The van der Waals surface area contributed by atoms with Crippen molar-refractivity contribution < 1.29 is 14.3 Å². The van der Waals surface area contributed by atoms with Gasteiger partial charge in [0, 0.05) is 34.8 Å². The van der Waals surface area contributed by atoms with Crippen molar-refractivity contribution in [2.45, 2.75) is 0 Å². The predicted octanol–water partition coefficient (Wildman–Crippen LogP) is 4.12. The maximum atomic E-state index is 12.7. The van der Waals surface area contributed by atoms with E-state index in [9.17, 15) is 4.79 Å². The fourth-order valence-electron chi connectivity index (χ4n) is 3.52. The van der Waals surface area contributed by atoms with Crippen LogP contribution in [0, 0.1) is 0 Å². The van der Waals surface area contributed by atoms with E-state index in [1.165, 1.54) is 7.11 Å². The van der Waals surface area contributed by atoms with Crippen molar-refractivity contribution >= 4 is 17.2 Å². The number of methoxy groups -OCH3 is 2. The Morgan fingerprint density at radius 3 is 2.44 bits per heavy atom. The van der Waals surface area contributed by atoms with Crippen LogP contribution in [0.3, 0.4) is 0 Å². The molecule has 3 heterocycles. The molecule has 0 saturated carbocycles. The van der Waals surface area contributed by atoms with E-state index in [0.717, 1.165) is 16.8 Å². The Labute approximate surface area is 195 Å². The summed E-state index contributed by atoms with van der Waals surface area (Å²) in [5, 5.41) is 16.0. The van der Waals surface area contributed by atoms with Gasteiger partial charge in [0.25, 0.3) is 5.91 Å². The van der Waals surface area contributed by atoms with Gasteiger partial charge in [-0.2, -0.15) is 9.61 Å². The van der Waals surface area contributed by atoms with Crippen molar-refractivity contribution in [1.82, 2.24) is 24.8 Å². The molecule has 0 bridgehead atoms. The number of anilines is 1. The summed E-state index contributed by atoms with van der Waals surface area (Å²) in [5.41, 5.74) is 4.22. The van der Waals surface area contributed by atoms with Gasteiger partial charge in [0.1, 0.15) is 0 Å². The van der Waals surface area contributed by atoms with Crippen LogP contribution in [0.15, 0.2) is 79.1 Å². The van der Waals surface area contributed by atoms with Gasteiger partial charge >= 0.3 is 0 Å². The van der Waals surface area contributed by atoms with Crippen LogP contribution in [0.1, 0.15) is 10.4 Å². The van der Waals surface area contributed by atoms with Gasteiger partial charge in [0.15, 0.2) is 23.0 Å². The molecule has 5 rings (SSSR count). The van der Waals surface area contributed by atoms with E-state index < -0.39 is 0 Å². The van der Waals surface area contributed by atoms with E-state index in [4.69, 9.17) is 14.6 Å². The average molecular weight is 452 g/mol. The van der Waals surface area contributed by atoms with Gasteiger partial charge in [-0.25, -0.2) is 0 Å². The summed E-state index contributed by atoms with van der Waals surface area (Å²) in [6.45, 7) is 0. The Morgan fingerprint density at radius 1 is 0.882 bits per heavy atom. The maximum absolute atomic E-state index is 12.7. The molecule has 34 heavy (non-hydrogen) atoms. The lowest BCUT2D eigenvalue weighted by Crippen LogP contribution is -2.12. The van der Waals surface area contributed by atoms with Gasteiger partial charge in [-0.3, -0.25) is 9.78 Å². The largest absolute Gasteiger partial charge is 0.493 e. The monoisotopic (exact) mass is 452 g/mol. The summed E-state index contributed by atoms with van der Waals surface area (Å²) in [5.74, 6) is 1.42. The van der Waals surface area contributed by atoms with Gasteiger partial charge in [0.05, 0.1) is 19.9 Å². The number of fused-ring (bicyclic) bond motifs is 1. The van der Waals surface area contributed by atoms with E-state index in [2.05, 4.69) is 20.5 Å². The van der Waals surface area contributed by atoms with Crippen LogP contribution in [-0.4, -0.2) is 44.9 Å². The number of hydrogen-bond donors (Lipinski definition) is 1. The van der Waals surface area contributed by atoms with Crippen LogP contribution in [0.25, 0.3) is 28.3 Å². The molecule has 0 aliphatic carbocycles. The highest BCUT2D eigenvalue weighted by atomic mass is 16.5. The van der Waals surface area contributed by atoms with Crippen LogP contribution in [0.4, 0.5) is 5.69 Å². The molecule has 0 atom stereocenters. The van der Waals surface area contributed by atoms with E-state index >= 15 is 0 Å². The highest BCUT2D eigenvalue weighted by Crippen LogP contribution is 2.28. The SMILES string of the molecule is COc1ccc(C(=O)Nc2ccc(-c3ccc4nnc(-c5cccnc5)n4n3)cc2)cc1OC. The van der Waals surface area contributed by atoms with E-state index in [0.29, 0.717) is 34.2 Å². The summed E-state index contributed by atoms with van der Waals surface area (Å²) >= 11 is 0. The Balaban J connectivity index is 1.37. The summed E-state index contributed by atoms with van der Waals surface area (Å²) < 4.78 is 12.2. The second-order valence-electron chi connectivity index (χ2n) is 7.36. The quantitative estimate of drug-likeness (QED) is 0.413. The zero-order valence-electron chi connectivity index (χ0n) is 18.5. The summed E-state index contributed by atoms with van der Waals surface area (Å²) in [6.07, 6.45) is 3.43. The topological polar surface area (TPSA) is 104 Å². The molecule has 2 aromatic carbocycles. The molecule has 1 amide bonds. The number of carbonyl (C=O) groups excluding carboxylic acids is 1. The number of aromatic nitrogens is 5. The zero-order chi connectivity index (χ0) is 23.5. The molecule has 0 aliphatic rings. The van der Waals surface area contributed by atoms with Crippen LogP contribution in [-0.2, 0) is 0 Å². The zero-order valence-corrected chi connectivity index (χ0v) is 18.5. The lowest BCUT2D eigenvalue weighted by atomic mass is 10.1. The third-order valence-electron chi connectivity index (χ3n) is 5.27. The molecular formula is C25H20N6O3. The summed E-state index contributed by atoms with van der Waals surface area (Å²) in [6, 6.07) is 20.0. The van der Waals surface area contributed by atoms with Crippen LogP contribution >= 0.6 is 0 Å². The fraction of sp³-hybridized carbons (Fsp3) is 0.0800. The molecule has 0 unspecified atom stereocenters. The molecule has 3 aromatic heterocycles. The third-order valence-corrected chi connectivity index (χ3v) is 5.27. The second kappa shape index (κ2) is 8.99. The molecule has 0 radical (unpaired) electrons. The molecule has 0 saturated heterocycles. The Kier molecular flexibility index (Phi) is 5.57. The van der Waals surface area contributed by atoms with Gasteiger partial charge in [-0.1, -0.05) is 12.1 Å². The second-order valence-corrected chi connectivity index (χ2v) is 7.36. The van der Waals surface area contributed by atoms with Crippen molar-refractivity contribution in [2.75, 3.05) is 19.5 Å². The predicted molar refractivity (Wildman–Crippen MR) is 127 cm³/mol. The van der Waals surface area contributed by atoms with E-state index in [1.54, 1.807) is 42.2 Å². The minimum absolute atomic E-state index is 0.251. The van der Waals surface area contributed by atoms with Crippen molar-refractivity contribution in [2.24, 2.45) is 0 Å². The van der Waals surface area contributed by atoms with Crippen molar-refractivity contribution in [3.63, 3.8) is 0 Å². The molecule has 5 aromatic rings. The Bertz CT molecular complexity index is 1470. The molecular weight excluding hydrogens is 432 g/mol. The first kappa shape index (κ1) is 21.1. The molecule has 9 heteroatoms. The lowest BCUT2D eigenvalue weighted by Gasteiger charge is -2.10. The minimum atomic E-state index is -0.251. The number of benzene rings is 2. The number of pyridine rings is 1. The number of nitrogens with one attached hydrogen (secondary N) is 1. The van der Waals surface area contributed by atoms with Gasteiger partial charge < -0.3 is 14.8 Å². The normalized spacial score (nSPS) is 10.8. The maximum Gasteiger partial charge on any atom is 0.255 e. The number of ether oxygens (including phenoxy) is 2. The smallest absolute Gasteiger partial charge is 0.255 e. The van der Waals surface area contributed by atoms with E-state index in [-0.39, 0.29) is 5.91 Å². The Morgan fingerprint density at radius 2 is 1.71 bits per heavy atom. The van der Waals surface area contributed by atoms with Crippen LogP contribution < -0.4 is 14.8 Å². The summed E-state index contributed by atoms with van der Waals surface area (Å²) in [7, 11) is 3.08. The molecule has 168 valence electrons. The molecule has 0 fully saturated rings. The fourth-order valence-corrected chi connectivity index (χ4v) is 3.52. The molecule has 1 N–H and O–H groups in total. The van der Waals surface area contributed by atoms with Gasteiger partial charge in [-0.15, -0.1) is 10.2 Å². The molecule has 9 nitrogen and oxygen atoms in total. The van der Waals surface area contributed by atoms with Crippen LogP contribution in [0.2, 0.25) is 0 Å². The minimum Gasteiger partial charge on any atom is -0.493 e. The van der Waals surface area contributed by atoms with Crippen molar-refractivity contribution in [3.8, 4) is 34.1 Å². The highest BCUT2D eigenvalue weighted by molar-refractivity contribution is 6.04. The van der Waals surface area contributed by atoms with E-state index in [1.807, 2.05) is 48.5 Å². The number of rotatable bonds is 6. The average Bonchev–Trinajstić information content (AvgIpc) is 3.32. The standard InChI is InChI=1S/C25H20N6O3/c1-33-21-11-7-17(14-22(21)34-2)25(32)27-19-8-5-16(6-9-19)20-10-12-23-28-29-24(31(23)30-20)18-4-3-13-26-15-18/h3-15H,1-2H3,(H,27,32). The number of hydrogen-bond acceptors (Lipinski definition) is 7.